The van der Waals surface area contributed by atoms with E-state index in [1.54, 1.807) is 12.1 Å². The largest absolute Gasteiger partial charge is 0.241 e. The van der Waals surface area contributed by atoms with Gasteiger partial charge in [-0.1, -0.05) is 15.9 Å². The lowest BCUT2D eigenvalue weighted by molar-refractivity contribution is 0.534. The first kappa shape index (κ1) is 15.8. The van der Waals surface area contributed by atoms with Crippen LogP contribution in [0.4, 0.5) is 0 Å². The van der Waals surface area contributed by atoms with Gasteiger partial charge in [-0.05, 0) is 58.8 Å². The van der Waals surface area contributed by atoms with Crippen LogP contribution in [-0.4, -0.2) is 20.8 Å². The zero-order valence-corrected chi connectivity index (χ0v) is 15.1. The number of nitrogens with one attached hydrogen (secondary N) is 1. The van der Waals surface area contributed by atoms with Crippen molar-refractivity contribution < 1.29 is 8.42 Å². The first-order chi connectivity index (χ1) is 8.80. The van der Waals surface area contributed by atoms with Crippen molar-refractivity contribution in [2.45, 2.75) is 24.7 Å². The van der Waals surface area contributed by atoms with E-state index < -0.39 is 10.0 Å². The van der Waals surface area contributed by atoms with E-state index >= 15 is 0 Å². The molecule has 1 N–H and O–H groups in total. The Morgan fingerprint density at radius 2 is 1.95 bits per heavy atom. The molecule has 19 heavy (non-hydrogen) atoms. The van der Waals surface area contributed by atoms with Gasteiger partial charge < -0.3 is 0 Å². The zero-order valence-electron chi connectivity index (χ0n) is 10.3. The van der Waals surface area contributed by atoms with Gasteiger partial charge in [-0.25, -0.2) is 13.1 Å². The van der Waals surface area contributed by atoms with Gasteiger partial charge in [0.2, 0.25) is 10.0 Å². The van der Waals surface area contributed by atoms with Crippen molar-refractivity contribution in [2.75, 3.05) is 12.4 Å². The van der Waals surface area contributed by atoms with E-state index in [1.165, 1.54) is 0 Å². The summed E-state index contributed by atoms with van der Waals surface area (Å²) in [5.74, 6) is 0.494. The summed E-state index contributed by atoms with van der Waals surface area (Å²) in [6.07, 6.45) is 1.97. The van der Waals surface area contributed by atoms with E-state index in [-0.39, 0.29) is 10.3 Å². The Labute approximate surface area is 135 Å². The molecule has 1 fully saturated rings. The molecule has 106 valence electrons. The van der Waals surface area contributed by atoms with Crippen LogP contribution in [0.3, 0.4) is 0 Å². The number of alkyl halides is 1. The number of halogens is 3. The number of sulfonamides is 1. The molecule has 1 aliphatic rings. The topological polar surface area (TPSA) is 46.2 Å². The van der Waals surface area contributed by atoms with E-state index in [0.29, 0.717) is 16.9 Å². The molecule has 1 saturated carbocycles. The van der Waals surface area contributed by atoms with Crippen molar-refractivity contribution in [3.8, 4) is 0 Å². The molecular weight excluding hydrogens is 417 g/mol. The molecule has 3 nitrogen and oxygen atoms in total. The average Bonchev–Trinajstić information content (AvgIpc) is 3.12. The predicted octanol–water partition coefficient (Wildman–Crippen LogP) is 3.82. The molecule has 7 heteroatoms. The maximum atomic E-state index is 12.3. The molecule has 0 amide bonds. The lowest BCUT2D eigenvalue weighted by Crippen LogP contribution is -2.31. The molecule has 0 atom stereocenters. The van der Waals surface area contributed by atoms with Crippen molar-refractivity contribution in [2.24, 2.45) is 5.41 Å². The normalized spacial score (nSPS) is 17.5. The molecule has 1 aromatic carbocycles. The summed E-state index contributed by atoms with van der Waals surface area (Å²) >= 11 is 12.5. The average molecular weight is 432 g/mol. The van der Waals surface area contributed by atoms with E-state index in [9.17, 15) is 8.42 Å². The van der Waals surface area contributed by atoms with E-state index in [0.717, 1.165) is 22.9 Å². The lowest BCUT2D eigenvalue weighted by atomic mass is 10.1. The number of benzene rings is 1. The minimum absolute atomic E-state index is 0.0387. The summed E-state index contributed by atoms with van der Waals surface area (Å²) in [5.41, 5.74) is 0.938. The van der Waals surface area contributed by atoms with Crippen LogP contribution in [0, 0.1) is 12.3 Å². The van der Waals surface area contributed by atoms with E-state index in [2.05, 4.69) is 36.6 Å². The highest BCUT2D eigenvalue weighted by Gasteiger charge is 2.42. The molecule has 0 bridgehead atoms. The van der Waals surface area contributed by atoms with Crippen molar-refractivity contribution in [3.05, 3.63) is 26.6 Å². The highest BCUT2D eigenvalue weighted by atomic mass is 79.9. The van der Waals surface area contributed by atoms with Crippen LogP contribution in [0.1, 0.15) is 18.4 Å². The molecule has 0 radical (unpaired) electrons. The summed E-state index contributed by atoms with van der Waals surface area (Å²) in [7, 11) is -3.52. The van der Waals surface area contributed by atoms with Gasteiger partial charge in [0.05, 0.1) is 4.90 Å². The van der Waals surface area contributed by atoms with Crippen LogP contribution in [0.2, 0.25) is 0 Å². The quantitative estimate of drug-likeness (QED) is 0.721. The summed E-state index contributed by atoms with van der Waals surface area (Å²) in [4.78, 5) is 0.246. The molecule has 0 aromatic heterocycles. The predicted molar refractivity (Wildman–Crippen MR) is 84.2 cm³/mol. The van der Waals surface area contributed by atoms with Gasteiger partial charge in [-0.15, -0.1) is 11.6 Å². The Morgan fingerprint density at radius 3 is 2.47 bits per heavy atom. The fraction of sp³-hybridized carbons (Fsp3) is 0.500. The highest BCUT2D eigenvalue weighted by Crippen LogP contribution is 2.46. The van der Waals surface area contributed by atoms with E-state index in [1.807, 2.05) is 6.92 Å². The minimum atomic E-state index is -3.52. The SMILES string of the molecule is Cc1cc(Br)c(S(=O)(=O)NCC2(CCl)CC2)cc1Br. The van der Waals surface area contributed by atoms with Crippen molar-refractivity contribution in [1.29, 1.82) is 0 Å². The maximum Gasteiger partial charge on any atom is 0.241 e. The van der Waals surface area contributed by atoms with Crippen LogP contribution in [0.15, 0.2) is 26.0 Å². The molecular formula is C12H14Br2ClNO2S. The molecule has 0 saturated heterocycles. The Hall–Kier alpha value is 0.380. The van der Waals surface area contributed by atoms with Gasteiger partial charge in [0.15, 0.2) is 0 Å². The van der Waals surface area contributed by atoms with Gasteiger partial charge in [-0.3, -0.25) is 0 Å². The Balaban J connectivity index is 2.22. The number of hydrogen-bond donors (Lipinski definition) is 1. The second-order valence-corrected chi connectivity index (χ2v) is 8.70. The number of hydrogen-bond acceptors (Lipinski definition) is 2. The Bertz CT molecular complexity index is 600. The molecule has 2 rings (SSSR count). The fourth-order valence-electron chi connectivity index (χ4n) is 1.69. The second-order valence-electron chi connectivity index (χ2n) is 4.99. The minimum Gasteiger partial charge on any atom is -0.211 e. The zero-order chi connectivity index (χ0) is 14.3. The fourth-order valence-corrected chi connectivity index (χ4v) is 4.89. The van der Waals surface area contributed by atoms with Gasteiger partial charge in [0.25, 0.3) is 0 Å². The molecule has 0 aliphatic heterocycles. The maximum absolute atomic E-state index is 12.3. The number of rotatable bonds is 5. The van der Waals surface area contributed by atoms with Crippen molar-refractivity contribution in [3.63, 3.8) is 0 Å². The Kier molecular flexibility index (Phi) is 4.68. The third-order valence-electron chi connectivity index (χ3n) is 3.38. The van der Waals surface area contributed by atoms with Gasteiger partial charge in [-0.2, -0.15) is 0 Å². The molecule has 0 spiro atoms. The third-order valence-corrected chi connectivity index (χ3v) is 7.16. The smallest absolute Gasteiger partial charge is 0.211 e. The standard InChI is InChI=1S/C12H14Br2ClNO2S/c1-8-4-10(14)11(5-9(8)13)19(17,18)16-7-12(6-15)2-3-12/h4-5,16H,2-3,6-7H2,1H3. The molecule has 1 aliphatic carbocycles. The third kappa shape index (κ3) is 3.53. The van der Waals surface area contributed by atoms with E-state index in [4.69, 9.17) is 11.6 Å². The van der Waals surface area contributed by atoms with Crippen LogP contribution < -0.4 is 4.72 Å². The summed E-state index contributed by atoms with van der Waals surface area (Å²) < 4.78 is 28.6. The number of aryl methyl sites for hydroxylation is 1. The van der Waals surface area contributed by atoms with Gasteiger partial charge in [0, 0.05) is 21.4 Å². The second kappa shape index (κ2) is 5.64. The molecule has 0 unspecified atom stereocenters. The van der Waals surface area contributed by atoms with Crippen LogP contribution in [-0.2, 0) is 10.0 Å². The summed E-state index contributed by atoms with van der Waals surface area (Å²) in [5, 5.41) is 0. The highest BCUT2D eigenvalue weighted by molar-refractivity contribution is 9.11. The summed E-state index contributed by atoms with van der Waals surface area (Å²) in [6.45, 7) is 2.31. The van der Waals surface area contributed by atoms with Gasteiger partial charge in [0.1, 0.15) is 0 Å². The molecule has 0 heterocycles. The lowest BCUT2D eigenvalue weighted by Gasteiger charge is -2.14. The molecule has 1 aromatic rings. The monoisotopic (exact) mass is 429 g/mol. The first-order valence-electron chi connectivity index (χ1n) is 5.81. The summed E-state index contributed by atoms with van der Waals surface area (Å²) in [6, 6.07) is 3.40. The Morgan fingerprint density at radius 1 is 1.32 bits per heavy atom. The van der Waals surface area contributed by atoms with Crippen LogP contribution in [0.25, 0.3) is 0 Å². The van der Waals surface area contributed by atoms with Crippen molar-refractivity contribution in [1.82, 2.24) is 4.72 Å². The van der Waals surface area contributed by atoms with Crippen LogP contribution >= 0.6 is 43.5 Å². The van der Waals surface area contributed by atoms with Crippen molar-refractivity contribution >= 4 is 53.5 Å². The first-order valence-corrected chi connectivity index (χ1v) is 9.41. The van der Waals surface area contributed by atoms with Gasteiger partial charge >= 0.3 is 0 Å². The van der Waals surface area contributed by atoms with Crippen LogP contribution in [0.5, 0.6) is 0 Å².